The fraction of sp³-hybridized carbons (Fsp3) is 0.581. The number of aliphatic hydroxyl groups is 4. The van der Waals surface area contributed by atoms with Crippen molar-refractivity contribution in [1.82, 2.24) is 5.32 Å². The molecule has 5 unspecified atom stereocenters. The summed E-state index contributed by atoms with van der Waals surface area (Å²) in [6.45, 7) is 9.06. The van der Waals surface area contributed by atoms with Crippen molar-refractivity contribution in [2.45, 2.75) is 97.0 Å². The molecule has 0 spiro atoms. The van der Waals surface area contributed by atoms with Crippen molar-refractivity contribution in [1.29, 1.82) is 0 Å². The van der Waals surface area contributed by atoms with Crippen molar-refractivity contribution in [2.24, 2.45) is 10.9 Å². The third-order valence-electron chi connectivity index (χ3n) is 7.30. The van der Waals surface area contributed by atoms with Gasteiger partial charge < -0.3 is 24.8 Å². The normalized spacial score (nSPS) is 20.1. The number of rotatable bonds is 17. The zero-order chi connectivity index (χ0) is 27.5. The lowest BCUT2D eigenvalue weighted by Gasteiger charge is -2.18. The molecule has 1 aromatic rings. The molecule has 7 nitrogen and oxygen atoms in total. The molecule has 2 heterocycles. The molecule has 0 amide bonds. The van der Waals surface area contributed by atoms with E-state index in [9.17, 15) is 15.3 Å². The van der Waals surface area contributed by atoms with Crippen LogP contribution in [0.3, 0.4) is 0 Å². The van der Waals surface area contributed by atoms with Gasteiger partial charge in [0.1, 0.15) is 30.9 Å². The number of hydrogen-bond acceptors (Lipinski definition) is 6. The maximum Gasteiger partial charge on any atom is 0.196 e. The van der Waals surface area contributed by atoms with Crippen LogP contribution in [0.15, 0.2) is 47.1 Å². The molecule has 2 aliphatic rings. The Morgan fingerprint density at radius 3 is 2.76 bits per heavy atom. The Morgan fingerprint density at radius 2 is 2.03 bits per heavy atom. The Labute approximate surface area is 228 Å². The number of aliphatic imine (C=N–C) groups is 1. The van der Waals surface area contributed by atoms with Gasteiger partial charge in [-0.1, -0.05) is 26.3 Å². The molecule has 1 aromatic carbocycles. The zero-order valence-corrected chi connectivity index (χ0v) is 23.4. The van der Waals surface area contributed by atoms with Gasteiger partial charge in [0.25, 0.3) is 0 Å². The van der Waals surface area contributed by atoms with Crippen LogP contribution in [0.2, 0.25) is 0 Å². The lowest BCUT2D eigenvalue weighted by molar-refractivity contribution is -0.0480. The molecule has 0 saturated heterocycles. The third kappa shape index (κ3) is 9.09. The largest absolute Gasteiger partial charge is 0.504 e. The molecular weight excluding hydrogens is 480 g/mol. The highest BCUT2D eigenvalue weighted by atomic mass is 16.5. The summed E-state index contributed by atoms with van der Waals surface area (Å²) in [5.41, 5.74) is 2.00. The smallest absolute Gasteiger partial charge is 0.196 e. The quantitative estimate of drug-likeness (QED) is 0.175. The Bertz CT molecular complexity index is 944. The lowest BCUT2D eigenvalue weighted by Crippen LogP contribution is -2.35. The van der Waals surface area contributed by atoms with Gasteiger partial charge in [-0.2, -0.15) is 0 Å². The Balaban J connectivity index is 1.53. The molecule has 0 aromatic heterocycles. The predicted molar refractivity (Wildman–Crippen MR) is 153 cm³/mol. The lowest BCUT2D eigenvalue weighted by atomic mass is 9.89. The minimum absolute atomic E-state index is 0.120. The highest BCUT2D eigenvalue weighted by Gasteiger charge is 2.33. The van der Waals surface area contributed by atoms with E-state index in [0.29, 0.717) is 24.9 Å². The average molecular weight is 528 g/mol. The van der Waals surface area contributed by atoms with E-state index in [-0.39, 0.29) is 17.7 Å². The summed E-state index contributed by atoms with van der Waals surface area (Å²) < 4.78 is 10.9. The van der Waals surface area contributed by atoms with Crippen molar-refractivity contribution in [2.75, 3.05) is 13.2 Å². The number of aliphatic hydroxyl groups excluding tert-OH is 2. The summed E-state index contributed by atoms with van der Waals surface area (Å²) in [5.74, 6) is 1.92. The number of phenolic OH excluding ortho intramolecular Hbond substituents is 1. The van der Waals surface area contributed by atoms with Gasteiger partial charge in [-0.25, -0.2) is 0 Å². The summed E-state index contributed by atoms with van der Waals surface area (Å²) in [6.07, 6.45) is 14.9. The minimum Gasteiger partial charge on any atom is -0.504 e. The molecule has 0 aliphatic carbocycles. The van der Waals surface area contributed by atoms with E-state index in [1.54, 1.807) is 13.0 Å². The summed E-state index contributed by atoms with van der Waals surface area (Å²) in [5, 5.41) is 33.3. The van der Waals surface area contributed by atoms with Gasteiger partial charge >= 0.3 is 0 Å². The van der Waals surface area contributed by atoms with Crippen LogP contribution in [0.5, 0.6) is 11.5 Å². The van der Waals surface area contributed by atoms with Crippen LogP contribution < -0.4 is 10.1 Å². The molecule has 38 heavy (non-hydrogen) atoms. The fourth-order valence-electron chi connectivity index (χ4n) is 4.70. The first-order valence-electron chi connectivity index (χ1n) is 14.2. The van der Waals surface area contributed by atoms with Crippen LogP contribution in [0, 0.1) is 17.9 Å². The van der Waals surface area contributed by atoms with Crippen molar-refractivity contribution in [3.8, 4) is 11.5 Å². The van der Waals surface area contributed by atoms with Crippen LogP contribution >= 0.6 is 0 Å². The van der Waals surface area contributed by atoms with E-state index in [1.807, 2.05) is 25.3 Å². The summed E-state index contributed by atoms with van der Waals surface area (Å²) in [7, 11) is 0. The van der Waals surface area contributed by atoms with Gasteiger partial charge in [0.15, 0.2) is 23.2 Å². The number of allylic oxidation sites excluding steroid dienone is 1. The number of nitrogens with one attached hydrogen (secondary N) is 1. The molecule has 0 radical (unpaired) electrons. The molecule has 2 aliphatic heterocycles. The van der Waals surface area contributed by atoms with Gasteiger partial charge in [-0.3, -0.25) is 5.32 Å². The molecule has 5 atom stereocenters. The van der Waals surface area contributed by atoms with E-state index in [0.717, 1.165) is 55.5 Å². The van der Waals surface area contributed by atoms with E-state index >= 15 is 0 Å². The van der Waals surface area contributed by atoms with Gasteiger partial charge in [-0.05, 0) is 70.2 Å². The molecule has 3 rings (SSSR count). The van der Waals surface area contributed by atoms with Crippen LogP contribution in [0.4, 0.5) is 0 Å². The van der Waals surface area contributed by atoms with E-state index in [2.05, 4.69) is 42.4 Å². The predicted octanol–water partition coefficient (Wildman–Crippen LogP) is 4.57. The van der Waals surface area contributed by atoms with Gasteiger partial charge in [-0.15, -0.1) is 17.1 Å². The molecule has 0 fully saturated rings. The average Bonchev–Trinajstić information content (AvgIpc) is 3.58. The fourth-order valence-corrected chi connectivity index (χ4v) is 4.70. The highest BCUT2D eigenvalue weighted by Crippen LogP contribution is 2.31. The molecule has 5 N–H and O–H groups in total. The molecule has 7 heteroatoms. The van der Waals surface area contributed by atoms with Gasteiger partial charge in [0.05, 0.1) is 18.3 Å². The number of unbranched alkanes of at least 4 members (excludes halogenated alkanes) is 1. The number of aryl methyl sites for hydroxylation is 1. The van der Waals surface area contributed by atoms with Gasteiger partial charge in [0, 0.05) is 12.3 Å². The Kier molecular flexibility index (Phi) is 12.1. The van der Waals surface area contributed by atoms with Crippen molar-refractivity contribution in [3.63, 3.8) is 0 Å². The third-order valence-corrected chi connectivity index (χ3v) is 7.30. The van der Waals surface area contributed by atoms with E-state index in [4.69, 9.17) is 9.47 Å². The minimum atomic E-state index is -0.725. The zero-order valence-electron chi connectivity index (χ0n) is 23.4. The SMILES string of the molecule is CCCCC1C=C[C-](CCc2ccc(O)c(OCC(NCC)C3=C[C+](C(C)CCC(O)C(C)O)C=N3)c2)[OH+]1. The number of aromatic hydroxyl groups is 1. The van der Waals surface area contributed by atoms with Crippen molar-refractivity contribution in [3.05, 3.63) is 59.7 Å². The molecule has 210 valence electrons. The summed E-state index contributed by atoms with van der Waals surface area (Å²) in [4.78, 5) is 4.63. The van der Waals surface area contributed by atoms with Crippen LogP contribution in [0.1, 0.15) is 71.8 Å². The molecular formula is C31H47N2O5+. The summed E-state index contributed by atoms with van der Waals surface area (Å²) >= 11 is 0. The number of ether oxygens (including phenoxy) is 2. The topological polar surface area (TPSA) is 107 Å². The number of hydrogen-bond donors (Lipinski definition) is 4. The number of benzene rings is 1. The van der Waals surface area contributed by atoms with Crippen LogP contribution in [-0.2, 0) is 6.42 Å². The summed E-state index contributed by atoms with van der Waals surface area (Å²) in [6, 6.07) is 5.44. The second-order valence-corrected chi connectivity index (χ2v) is 10.5. The number of likely N-dealkylation sites (N-methyl/N-ethyl adjacent to an activating group) is 1. The number of nitrogens with zero attached hydrogens (tertiary/aromatic N) is 1. The van der Waals surface area contributed by atoms with Crippen LogP contribution in [-0.4, -0.2) is 63.8 Å². The highest BCUT2D eigenvalue weighted by molar-refractivity contribution is 5.83. The first kappa shape index (κ1) is 30.1. The van der Waals surface area contributed by atoms with Crippen molar-refractivity contribution < 1.29 is 24.8 Å². The maximum absolute atomic E-state index is 10.4. The van der Waals surface area contributed by atoms with Crippen molar-refractivity contribution >= 4 is 6.21 Å². The van der Waals surface area contributed by atoms with E-state index < -0.39 is 12.2 Å². The molecule has 0 saturated carbocycles. The van der Waals surface area contributed by atoms with E-state index in [1.165, 1.54) is 12.8 Å². The maximum atomic E-state index is 10.4. The monoisotopic (exact) mass is 527 g/mol. The molecule has 0 bridgehead atoms. The number of phenols is 1. The Morgan fingerprint density at radius 1 is 1.21 bits per heavy atom. The second-order valence-electron chi connectivity index (χ2n) is 10.5. The standard InChI is InChI=1S/C31H46N2O5/c1-5-7-8-25-13-14-26(38-25)12-10-23-11-16-30(36)31(17-23)37-20-28(32-6-2)27-18-24(19-33-27)21(3)9-15-29(35)22(4)34/h11,13-14,16-19,21-22,25,28-29,32,34-35,38H,5-10,12,15,20H2,1-4H3/p+1. The Hall–Kier alpha value is -2.45. The first-order chi connectivity index (χ1) is 18.3. The van der Waals surface area contributed by atoms with Crippen LogP contribution in [0.25, 0.3) is 0 Å². The van der Waals surface area contributed by atoms with Gasteiger partial charge in [0.2, 0.25) is 0 Å². The second kappa shape index (κ2) is 15.2. The first-order valence-corrected chi connectivity index (χ1v) is 14.2.